The van der Waals surface area contributed by atoms with Crippen molar-refractivity contribution in [3.8, 4) is 0 Å². The molecule has 0 aromatic carbocycles. The normalized spacial score (nSPS) is 39.1. The molecule has 2 rings (SSSR count). The average Bonchev–Trinajstić information content (AvgIpc) is 2.25. The van der Waals surface area contributed by atoms with E-state index in [4.69, 9.17) is 0 Å². The van der Waals surface area contributed by atoms with E-state index in [0.717, 1.165) is 32.2 Å². The van der Waals surface area contributed by atoms with E-state index in [9.17, 15) is 8.42 Å². The minimum Gasteiger partial charge on any atom is -0.313 e. The Morgan fingerprint density at radius 2 is 2.07 bits per heavy atom. The molecule has 1 saturated heterocycles. The number of fused-ring (bicyclic) bond motifs is 1. The smallest absolute Gasteiger partial charge is 0.154 e. The molecule has 0 bridgehead atoms. The van der Waals surface area contributed by atoms with Gasteiger partial charge in [0.1, 0.15) is 0 Å². The van der Waals surface area contributed by atoms with Crippen molar-refractivity contribution in [2.75, 3.05) is 12.3 Å². The van der Waals surface area contributed by atoms with Gasteiger partial charge in [0.05, 0.1) is 11.0 Å². The molecule has 0 aromatic heterocycles. The Morgan fingerprint density at radius 3 is 2.80 bits per heavy atom. The largest absolute Gasteiger partial charge is 0.313 e. The molecular weight excluding hydrogens is 210 g/mol. The molecule has 1 N–H and O–H groups in total. The maximum atomic E-state index is 12.1. The molecule has 2 fully saturated rings. The third-order valence-electron chi connectivity index (χ3n) is 3.81. The van der Waals surface area contributed by atoms with Gasteiger partial charge in [-0.2, -0.15) is 0 Å². The van der Waals surface area contributed by atoms with E-state index in [1.165, 1.54) is 0 Å². The summed E-state index contributed by atoms with van der Waals surface area (Å²) in [6.45, 7) is 5.23. The fraction of sp³-hybridized carbons (Fsp3) is 1.00. The van der Waals surface area contributed by atoms with Crippen LogP contribution < -0.4 is 5.32 Å². The fourth-order valence-electron chi connectivity index (χ4n) is 2.84. The maximum absolute atomic E-state index is 12.1. The number of rotatable bonds is 0. The van der Waals surface area contributed by atoms with E-state index < -0.39 is 9.84 Å². The van der Waals surface area contributed by atoms with Crippen molar-refractivity contribution in [2.24, 2.45) is 5.41 Å². The Bertz CT molecular complexity index is 334. The van der Waals surface area contributed by atoms with Crippen LogP contribution >= 0.6 is 0 Å². The van der Waals surface area contributed by atoms with Crippen LogP contribution in [0.3, 0.4) is 0 Å². The van der Waals surface area contributed by atoms with E-state index in [-0.39, 0.29) is 16.7 Å². The van der Waals surface area contributed by atoms with Gasteiger partial charge in [0.15, 0.2) is 9.84 Å². The lowest BCUT2D eigenvalue weighted by Crippen LogP contribution is -2.48. The minimum atomic E-state index is -2.85. The molecule has 1 aliphatic heterocycles. The molecule has 2 unspecified atom stereocenters. The first-order valence-corrected chi connectivity index (χ1v) is 7.57. The van der Waals surface area contributed by atoms with Gasteiger partial charge >= 0.3 is 0 Å². The maximum Gasteiger partial charge on any atom is 0.154 e. The summed E-state index contributed by atoms with van der Waals surface area (Å²) < 4.78 is 24.2. The lowest BCUT2D eigenvalue weighted by molar-refractivity contribution is 0.212. The van der Waals surface area contributed by atoms with Crippen LogP contribution in [0.2, 0.25) is 0 Å². The Kier molecular flexibility index (Phi) is 2.84. The van der Waals surface area contributed by atoms with Gasteiger partial charge in [-0.05, 0) is 37.6 Å². The second-order valence-corrected chi connectivity index (χ2v) is 8.07. The zero-order chi connectivity index (χ0) is 11.1. The first-order valence-electron chi connectivity index (χ1n) is 5.86. The lowest BCUT2D eigenvalue weighted by atomic mass is 9.75. The highest BCUT2D eigenvalue weighted by Gasteiger charge is 2.42. The van der Waals surface area contributed by atoms with Gasteiger partial charge in [-0.1, -0.05) is 13.8 Å². The molecule has 0 radical (unpaired) electrons. The molecule has 1 heterocycles. The van der Waals surface area contributed by atoms with E-state index >= 15 is 0 Å². The first kappa shape index (κ1) is 11.4. The van der Waals surface area contributed by atoms with Crippen LogP contribution in [0.4, 0.5) is 0 Å². The number of sulfone groups is 1. The lowest BCUT2D eigenvalue weighted by Gasteiger charge is -2.39. The molecule has 2 aliphatic rings. The highest BCUT2D eigenvalue weighted by molar-refractivity contribution is 7.92. The second kappa shape index (κ2) is 3.74. The summed E-state index contributed by atoms with van der Waals surface area (Å²) in [7, 11) is -2.85. The Labute approximate surface area is 92.6 Å². The van der Waals surface area contributed by atoms with E-state index in [0.29, 0.717) is 5.75 Å². The topological polar surface area (TPSA) is 46.2 Å². The summed E-state index contributed by atoms with van der Waals surface area (Å²) in [6, 6.07) is 0.213. The van der Waals surface area contributed by atoms with Gasteiger partial charge < -0.3 is 5.32 Å². The SMILES string of the molecule is CC1(C)CCC2NCCCS(=O)(=O)C2C1. The second-order valence-electron chi connectivity index (χ2n) is 5.73. The van der Waals surface area contributed by atoms with E-state index in [2.05, 4.69) is 19.2 Å². The van der Waals surface area contributed by atoms with Gasteiger partial charge in [0.2, 0.25) is 0 Å². The predicted octanol–water partition coefficient (Wildman–Crippen LogP) is 1.34. The predicted molar refractivity (Wildman–Crippen MR) is 61.6 cm³/mol. The van der Waals surface area contributed by atoms with Crippen LogP contribution in [0.5, 0.6) is 0 Å². The monoisotopic (exact) mass is 231 g/mol. The van der Waals surface area contributed by atoms with Crippen LogP contribution in [0.1, 0.15) is 39.5 Å². The quantitative estimate of drug-likeness (QED) is 0.684. The summed E-state index contributed by atoms with van der Waals surface area (Å²) in [6.07, 6.45) is 3.75. The molecule has 4 heteroatoms. The third kappa shape index (κ3) is 2.36. The van der Waals surface area contributed by atoms with Crippen molar-refractivity contribution < 1.29 is 8.42 Å². The molecule has 0 spiro atoms. The number of hydrogen-bond donors (Lipinski definition) is 1. The van der Waals surface area contributed by atoms with E-state index in [1.54, 1.807) is 0 Å². The summed E-state index contributed by atoms with van der Waals surface area (Å²) in [5.74, 6) is 0.372. The fourth-order valence-corrected chi connectivity index (χ4v) is 5.13. The van der Waals surface area contributed by atoms with Gasteiger partial charge in [0.25, 0.3) is 0 Å². The molecule has 88 valence electrons. The molecule has 3 nitrogen and oxygen atoms in total. The molecule has 15 heavy (non-hydrogen) atoms. The van der Waals surface area contributed by atoms with Gasteiger partial charge in [0, 0.05) is 6.04 Å². The van der Waals surface area contributed by atoms with Crippen molar-refractivity contribution >= 4 is 9.84 Å². The molecule has 0 amide bonds. The number of nitrogens with one attached hydrogen (secondary N) is 1. The Hall–Kier alpha value is -0.0900. The molecular formula is C11H21NO2S. The molecule has 0 aromatic rings. The van der Waals surface area contributed by atoms with Crippen LogP contribution in [-0.4, -0.2) is 32.0 Å². The number of hydrogen-bond acceptors (Lipinski definition) is 3. The van der Waals surface area contributed by atoms with Crippen molar-refractivity contribution in [3.05, 3.63) is 0 Å². The molecule has 1 saturated carbocycles. The Morgan fingerprint density at radius 1 is 1.33 bits per heavy atom. The van der Waals surface area contributed by atoms with Gasteiger partial charge in [-0.15, -0.1) is 0 Å². The van der Waals surface area contributed by atoms with Gasteiger partial charge in [-0.25, -0.2) is 8.42 Å². The van der Waals surface area contributed by atoms with Crippen LogP contribution in [0.25, 0.3) is 0 Å². The molecule has 1 aliphatic carbocycles. The zero-order valence-corrected chi connectivity index (χ0v) is 10.4. The van der Waals surface area contributed by atoms with Crippen LogP contribution in [0.15, 0.2) is 0 Å². The van der Waals surface area contributed by atoms with Crippen molar-refractivity contribution in [3.63, 3.8) is 0 Å². The molecule has 2 atom stereocenters. The Balaban J connectivity index is 2.25. The summed E-state index contributed by atoms with van der Waals surface area (Å²) in [5, 5.41) is 3.26. The average molecular weight is 231 g/mol. The summed E-state index contributed by atoms with van der Waals surface area (Å²) in [4.78, 5) is 0. The zero-order valence-electron chi connectivity index (χ0n) is 9.62. The van der Waals surface area contributed by atoms with E-state index in [1.807, 2.05) is 0 Å². The van der Waals surface area contributed by atoms with Gasteiger partial charge in [-0.3, -0.25) is 0 Å². The first-order chi connectivity index (χ1) is 6.91. The van der Waals surface area contributed by atoms with Crippen molar-refractivity contribution in [2.45, 2.75) is 50.8 Å². The minimum absolute atomic E-state index is 0.135. The standard InChI is InChI=1S/C11H21NO2S/c1-11(2)5-4-9-10(8-11)15(13,14)7-3-6-12-9/h9-10,12H,3-8H2,1-2H3. The van der Waals surface area contributed by atoms with Crippen LogP contribution in [-0.2, 0) is 9.84 Å². The van der Waals surface area contributed by atoms with Crippen molar-refractivity contribution in [1.29, 1.82) is 0 Å². The van der Waals surface area contributed by atoms with Crippen LogP contribution in [0, 0.1) is 5.41 Å². The summed E-state index contributed by atoms with van der Waals surface area (Å²) >= 11 is 0. The highest BCUT2D eigenvalue weighted by atomic mass is 32.2. The third-order valence-corrected chi connectivity index (χ3v) is 6.08. The van der Waals surface area contributed by atoms with Crippen molar-refractivity contribution in [1.82, 2.24) is 5.32 Å². The highest BCUT2D eigenvalue weighted by Crippen LogP contribution is 2.39. The summed E-state index contributed by atoms with van der Waals surface area (Å²) in [5.41, 5.74) is 0.195.